The van der Waals surface area contributed by atoms with Crippen molar-refractivity contribution in [2.24, 2.45) is 13.0 Å². The van der Waals surface area contributed by atoms with Crippen molar-refractivity contribution in [1.82, 2.24) is 25.0 Å². The van der Waals surface area contributed by atoms with Crippen LogP contribution >= 0.6 is 11.6 Å². The monoisotopic (exact) mass is 376 g/mol. The molecule has 1 fully saturated rings. The fourth-order valence-corrected chi connectivity index (χ4v) is 3.79. The summed E-state index contributed by atoms with van der Waals surface area (Å²) in [5.74, 6) is 0.327. The van der Waals surface area contributed by atoms with Gasteiger partial charge in [-0.25, -0.2) is 4.79 Å². The molecule has 0 unspecified atom stereocenters. The molecular formula is C18H25ClN6O. The molecule has 1 aliphatic heterocycles. The van der Waals surface area contributed by atoms with Gasteiger partial charge in [0.25, 0.3) is 0 Å². The van der Waals surface area contributed by atoms with E-state index in [1.54, 1.807) is 12.4 Å². The number of urea groups is 1. The zero-order chi connectivity index (χ0) is 18.7. The summed E-state index contributed by atoms with van der Waals surface area (Å²) in [5, 5.41) is 10.7. The van der Waals surface area contributed by atoms with Gasteiger partial charge >= 0.3 is 6.03 Å². The summed E-state index contributed by atoms with van der Waals surface area (Å²) in [6, 6.07) is 2.06. The number of aromatic nitrogens is 3. The Hall–Kier alpha value is -2.12. The Morgan fingerprint density at radius 1 is 1.38 bits per heavy atom. The first kappa shape index (κ1) is 18.7. The van der Waals surface area contributed by atoms with Crippen molar-refractivity contribution in [2.75, 3.05) is 25.5 Å². The van der Waals surface area contributed by atoms with E-state index in [0.29, 0.717) is 23.2 Å². The van der Waals surface area contributed by atoms with E-state index in [-0.39, 0.29) is 12.1 Å². The van der Waals surface area contributed by atoms with Crippen LogP contribution in [0, 0.1) is 12.8 Å². The summed E-state index contributed by atoms with van der Waals surface area (Å²) in [6.45, 7) is 3.50. The molecule has 0 saturated carbocycles. The first-order valence-electron chi connectivity index (χ1n) is 8.80. The van der Waals surface area contributed by atoms with Crippen molar-refractivity contribution in [2.45, 2.75) is 25.8 Å². The Morgan fingerprint density at radius 3 is 2.92 bits per heavy atom. The average Bonchev–Trinajstić information content (AvgIpc) is 3.03. The van der Waals surface area contributed by atoms with Crippen LogP contribution in [0.4, 0.5) is 10.5 Å². The van der Waals surface area contributed by atoms with Crippen molar-refractivity contribution >= 4 is 23.3 Å². The lowest BCUT2D eigenvalue weighted by atomic mass is 9.87. The van der Waals surface area contributed by atoms with Gasteiger partial charge in [-0.05, 0) is 50.9 Å². The van der Waals surface area contributed by atoms with E-state index in [9.17, 15) is 4.79 Å². The predicted octanol–water partition coefficient (Wildman–Crippen LogP) is 2.98. The van der Waals surface area contributed by atoms with Gasteiger partial charge in [0.2, 0.25) is 0 Å². The van der Waals surface area contributed by atoms with Crippen LogP contribution in [0.25, 0.3) is 0 Å². The maximum atomic E-state index is 12.3. The first-order chi connectivity index (χ1) is 12.5. The Labute approximate surface area is 158 Å². The summed E-state index contributed by atoms with van der Waals surface area (Å²) < 4.78 is 1.92. The van der Waals surface area contributed by atoms with E-state index in [0.717, 1.165) is 24.9 Å². The normalized spacial score (nSPS) is 20.8. The Kier molecular flexibility index (Phi) is 5.78. The van der Waals surface area contributed by atoms with Crippen molar-refractivity contribution in [3.8, 4) is 0 Å². The van der Waals surface area contributed by atoms with E-state index in [1.165, 1.54) is 5.69 Å². The summed E-state index contributed by atoms with van der Waals surface area (Å²) in [7, 11) is 4.09. The van der Waals surface area contributed by atoms with E-state index in [1.807, 2.05) is 24.9 Å². The third kappa shape index (κ3) is 3.99. The van der Waals surface area contributed by atoms with Crippen LogP contribution in [0.3, 0.4) is 0 Å². The molecule has 0 bridgehead atoms. The van der Waals surface area contributed by atoms with Crippen LogP contribution in [0.5, 0.6) is 0 Å². The molecule has 0 aromatic carbocycles. The number of likely N-dealkylation sites (tertiary alicyclic amines) is 1. The van der Waals surface area contributed by atoms with Gasteiger partial charge < -0.3 is 10.6 Å². The Balaban J connectivity index is 1.64. The van der Waals surface area contributed by atoms with Gasteiger partial charge in [0.15, 0.2) is 0 Å². The van der Waals surface area contributed by atoms with Gasteiger partial charge in [-0.2, -0.15) is 5.10 Å². The number of rotatable bonds is 4. The van der Waals surface area contributed by atoms with Crippen LogP contribution in [0.2, 0.25) is 5.02 Å². The number of pyridine rings is 1. The minimum atomic E-state index is -0.242. The number of anilines is 1. The molecule has 2 amide bonds. The second-order valence-corrected chi connectivity index (χ2v) is 7.24. The lowest BCUT2D eigenvalue weighted by Gasteiger charge is -2.39. The molecule has 140 valence electrons. The molecule has 26 heavy (non-hydrogen) atoms. The SMILES string of the molecule is Cc1c(Cl)cncc1NC(=O)NC[C@@H]1CCCN(C)[C@H]1c1ccnn1C. The molecule has 0 aliphatic carbocycles. The molecule has 2 atom stereocenters. The summed E-state index contributed by atoms with van der Waals surface area (Å²) in [4.78, 5) is 18.7. The molecule has 0 radical (unpaired) electrons. The van der Waals surface area contributed by atoms with Gasteiger partial charge in [0.1, 0.15) is 0 Å². The van der Waals surface area contributed by atoms with Gasteiger partial charge in [-0.3, -0.25) is 14.6 Å². The lowest BCUT2D eigenvalue weighted by molar-refractivity contribution is 0.114. The average molecular weight is 377 g/mol. The second kappa shape index (κ2) is 8.05. The number of carbonyl (C=O) groups excluding carboxylic acids is 1. The molecule has 7 nitrogen and oxygen atoms in total. The van der Waals surface area contributed by atoms with Crippen molar-refractivity contribution in [3.05, 3.63) is 40.9 Å². The highest BCUT2D eigenvalue weighted by Gasteiger charge is 2.32. The molecule has 2 N–H and O–H groups in total. The van der Waals surface area contributed by atoms with E-state index in [4.69, 9.17) is 11.6 Å². The number of nitrogens with zero attached hydrogens (tertiary/aromatic N) is 4. The molecule has 2 aromatic rings. The molecular weight excluding hydrogens is 352 g/mol. The van der Waals surface area contributed by atoms with Crippen LogP contribution in [-0.2, 0) is 7.05 Å². The zero-order valence-electron chi connectivity index (χ0n) is 15.4. The van der Waals surface area contributed by atoms with Crippen molar-refractivity contribution in [1.29, 1.82) is 0 Å². The van der Waals surface area contributed by atoms with Gasteiger partial charge in [0.05, 0.1) is 28.6 Å². The fourth-order valence-electron chi connectivity index (χ4n) is 3.63. The van der Waals surface area contributed by atoms with Crippen LogP contribution in [-0.4, -0.2) is 45.8 Å². The van der Waals surface area contributed by atoms with Crippen molar-refractivity contribution in [3.63, 3.8) is 0 Å². The van der Waals surface area contributed by atoms with Gasteiger partial charge in [-0.1, -0.05) is 11.6 Å². The predicted molar refractivity (Wildman–Crippen MR) is 102 cm³/mol. The topological polar surface area (TPSA) is 75.1 Å². The number of hydrogen-bond donors (Lipinski definition) is 2. The smallest absolute Gasteiger partial charge is 0.319 e. The lowest BCUT2D eigenvalue weighted by Crippen LogP contribution is -2.43. The Bertz CT molecular complexity index is 777. The highest BCUT2D eigenvalue weighted by atomic mass is 35.5. The number of aryl methyl sites for hydroxylation is 1. The van der Waals surface area contributed by atoms with Crippen LogP contribution in [0.15, 0.2) is 24.7 Å². The zero-order valence-corrected chi connectivity index (χ0v) is 16.1. The number of hydrogen-bond acceptors (Lipinski definition) is 4. The summed E-state index contributed by atoms with van der Waals surface area (Å²) in [6.07, 6.45) is 7.18. The largest absolute Gasteiger partial charge is 0.338 e. The number of halogens is 1. The van der Waals surface area contributed by atoms with Gasteiger partial charge in [0, 0.05) is 26.0 Å². The minimum absolute atomic E-state index is 0.242. The molecule has 3 rings (SSSR count). The van der Waals surface area contributed by atoms with E-state index < -0.39 is 0 Å². The first-order valence-corrected chi connectivity index (χ1v) is 9.18. The third-order valence-corrected chi connectivity index (χ3v) is 5.48. The maximum Gasteiger partial charge on any atom is 0.319 e. The van der Waals surface area contributed by atoms with Crippen LogP contribution in [0.1, 0.15) is 30.1 Å². The minimum Gasteiger partial charge on any atom is -0.338 e. The van der Waals surface area contributed by atoms with E-state index >= 15 is 0 Å². The van der Waals surface area contributed by atoms with Gasteiger partial charge in [-0.15, -0.1) is 0 Å². The standard InChI is InChI=1S/C18H25ClN6O/c1-12-14(19)10-20-11-15(12)23-18(26)21-9-13-5-4-8-24(2)17(13)16-6-7-22-25(16)3/h6-7,10-11,13,17H,4-5,8-9H2,1-3H3,(H2,21,23,26)/t13-,17+/m0/s1. The summed E-state index contributed by atoms with van der Waals surface area (Å²) >= 11 is 6.06. The number of piperidine rings is 1. The number of nitrogens with one attached hydrogen (secondary N) is 2. The third-order valence-electron chi connectivity index (χ3n) is 5.10. The van der Waals surface area contributed by atoms with Crippen LogP contribution < -0.4 is 10.6 Å². The maximum absolute atomic E-state index is 12.3. The number of amides is 2. The molecule has 1 saturated heterocycles. The highest BCUT2D eigenvalue weighted by molar-refractivity contribution is 6.31. The van der Waals surface area contributed by atoms with E-state index in [2.05, 4.69) is 38.7 Å². The highest BCUT2D eigenvalue weighted by Crippen LogP contribution is 2.34. The Morgan fingerprint density at radius 2 is 2.19 bits per heavy atom. The number of carbonyl (C=O) groups is 1. The molecule has 8 heteroatoms. The molecule has 1 aliphatic rings. The second-order valence-electron chi connectivity index (χ2n) is 6.84. The molecule has 0 spiro atoms. The summed E-state index contributed by atoms with van der Waals surface area (Å²) in [5.41, 5.74) is 2.61. The molecule has 3 heterocycles. The van der Waals surface area contributed by atoms with Crippen molar-refractivity contribution < 1.29 is 4.79 Å². The molecule has 2 aromatic heterocycles. The quantitative estimate of drug-likeness (QED) is 0.860. The fraction of sp³-hybridized carbons (Fsp3) is 0.500.